The van der Waals surface area contributed by atoms with E-state index in [1.807, 2.05) is 50.5 Å². The summed E-state index contributed by atoms with van der Waals surface area (Å²) >= 11 is 0. The Morgan fingerprint density at radius 3 is 2.62 bits per heavy atom. The third-order valence-electron chi connectivity index (χ3n) is 4.56. The Labute approximate surface area is 170 Å². The fourth-order valence-corrected chi connectivity index (χ4v) is 3.08. The molecule has 0 saturated heterocycles. The highest BCUT2D eigenvalue weighted by molar-refractivity contribution is 5.93. The molecule has 0 saturated carbocycles. The van der Waals surface area contributed by atoms with Gasteiger partial charge in [-0.25, -0.2) is 4.79 Å². The van der Waals surface area contributed by atoms with E-state index in [9.17, 15) is 9.59 Å². The quantitative estimate of drug-likeness (QED) is 0.469. The number of amides is 1. The van der Waals surface area contributed by atoms with Crippen LogP contribution in [-0.2, 0) is 4.79 Å². The first-order valence-electron chi connectivity index (χ1n) is 9.66. The van der Waals surface area contributed by atoms with Crippen LogP contribution in [0.2, 0.25) is 0 Å². The highest BCUT2D eigenvalue weighted by atomic mass is 16.5. The third kappa shape index (κ3) is 5.45. The number of hydrogen-bond acceptors (Lipinski definition) is 5. The molecule has 1 heterocycles. The molecule has 1 N–H and O–H groups in total. The molecule has 0 fully saturated rings. The Morgan fingerprint density at radius 1 is 1.14 bits per heavy atom. The van der Waals surface area contributed by atoms with Gasteiger partial charge in [0.15, 0.2) is 6.10 Å². The van der Waals surface area contributed by atoms with E-state index in [1.54, 1.807) is 19.1 Å². The molecular formula is C23H26N2O4. The Balaban J connectivity index is 1.75. The molecule has 0 aliphatic carbocycles. The number of hydrogen-bond donors (Lipinski definition) is 1. The molecule has 0 aliphatic rings. The Kier molecular flexibility index (Phi) is 6.67. The summed E-state index contributed by atoms with van der Waals surface area (Å²) in [4.78, 5) is 26.3. The van der Waals surface area contributed by atoms with Crippen LogP contribution in [0.3, 0.4) is 0 Å². The molecule has 0 unspecified atom stereocenters. The summed E-state index contributed by atoms with van der Waals surface area (Å²) in [6, 6.07) is 16.4. The highest BCUT2D eigenvalue weighted by Gasteiger charge is 2.15. The number of fused-ring (bicyclic) bond motifs is 1. The number of nitrogens with zero attached hydrogens (tertiary/aromatic N) is 1. The topological polar surface area (TPSA) is 71.8 Å². The number of carbonyl (C=O) groups excluding carboxylic acids is 1. The minimum Gasteiger partial charge on any atom is -0.481 e. The molecular weight excluding hydrogens is 368 g/mol. The van der Waals surface area contributed by atoms with Crippen LogP contribution in [0.5, 0.6) is 5.75 Å². The maximum atomic E-state index is 12.2. The van der Waals surface area contributed by atoms with Crippen LogP contribution < -0.4 is 15.7 Å². The van der Waals surface area contributed by atoms with Crippen molar-refractivity contribution in [1.29, 1.82) is 0 Å². The molecule has 29 heavy (non-hydrogen) atoms. The van der Waals surface area contributed by atoms with E-state index in [1.165, 1.54) is 6.07 Å². The normalized spacial score (nSPS) is 12.1. The molecule has 6 heteroatoms. The number of benzene rings is 2. The molecule has 0 bridgehead atoms. The summed E-state index contributed by atoms with van der Waals surface area (Å²) in [6.45, 7) is 3.20. The van der Waals surface area contributed by atoms with Crippen molar-refractivity contribution in [3.8, 4) is 16.9 Å². The fraction of sp³-hybridized carbons (Fsp3) is 0.304. The van der Waals surface area contributed by atoms with Crippen molar-refractivity contribution in [1.82, 2.24) is 10.2 Å². The zero-order valence-electron chi connectivity index (χ0n) is 17.0. The minimum absolute atomic E-state index is 0.177. The van der Waals surface area contributed by atoms with Gasteiger partial charge in [-0.2, -0.15) is 0 Å². The van der Waals surface area contributed by atoms with Crippen molar-refractivity contribution in [2.45, 2.75) is 19.4 Å². The van der Waals surface area contributed by atoms with Gasteiger partial charge in [0.25, 0.3) is 5.91 Å². The molecule has 0 spiro atoms. The predicted molar refractivity (Wildman–Crippen MR) is 114 cm³/mol. The molecule has 2 aromatic carbocycles. The molecule has 1 aromatic heterocycles. The van der Waals surface area contributed by atoms with Crippen LogP contribution in [-0.4, -0.2) is 44.1 Å². The highest BCUT2D eigenvalue weighted by Crippen LogP contribution is 2.29. The van der Waals surface area contributed by atoms with Crippen molar-refractivity contribution in [2.75, 3.05) is 27.2 Å². The van der Waals surface area contributed by atoms with Crippen LogP contribution >= 0.6 is 0 Å². The largest absolute Gasteiger partial charge is 0.481 e. The standard InChI is InChI=1S/C23H26N2O4/c1-16(23(27)24-12-7-13-25(2)3)28-18-10-11-19-20(17-8-5-4-6-9-17)15-22(26)29-21(19)14-18/h4-6,8-11,14-16H,7,12-13H2,1-3H3,(H,24,27)/t16-/m0/s1. The molecule has 3 aromatic rings. The predicted octanol–water partition coefficient (Wildman–Crippen LogP) is 3.30. The number of rotatable bonds is 8. The lowest BCUT2D eigenvalue weighted by atomic mass is 10.0. The van der Waals surface area contributed by atoms with Crippen molar-refractivity contribution in [3.63, 3.8) is 0 Å². The zero-order chi connectivity index (χ0) is 20.8. The molecule has 1 atom stereocenters. The number of carbonyl (C=O) groups is 1. The molecule has 6 nitrogen and oxygen atoms in total. The monoisotopic (exact) mass is 394 g/mol. The number of nitrogens with one attached hydrogen (secondary N) is 1. The number of ether oxygens (including phenoxy) is 1. The van der Waals surface area contributed by atoms with E-state index in [0.29, 0.717) is 17.9 Å². The van der Waals surface area contributed by atoms with E-state index in [2.05, 4.69) is 10.2 Å². The second kappa shape index (κ2) is 9.39. The van der Waals surface area contributed by atoms with Gasteiger partial charge < -0.3 is 19.4 Å². The lowest BCUT2D eigenvalue weighted by Gasteiger charge is -2.16. The lowest BCUT2D eigenvalue weighted by molar-refractivity contribution is -0.127. The van der Waals surface area contributed by atoms with Crippen LogP contribution in [0.1, 0.15) is 13.3 Å². The summed E-state index contributed by atoms with van der Waals surface area (Å²) in [5.41, 5.74) is 1.73. The third-order valence-corrected chi connectivity index (χ3v) is 4.56. The Hall–Kier alpha value is -3.12. The van der Waals surface area contributed by atoms with E-state index < -0.39 is 11.7 Å². The van der Waals surface area contributed by atoms with Crippen LogP contribution in [0.25, 0.3) is 22.1 Å². The van der Waals surface area contributed by atoms with Crippen molar-refractivity contribution < 1.29 is 13.9 Å². The maximum absolute atomic E-state index is 12.2. The van der Waals surface area contributed by atoms with Gasteiger partial charge in [0.2, 0.25) is 0 Å². The van der Waals surface area contributed by atoms with E-state index in [-0.39, 0.29) is 5.91 Å². The molecule has 152 valence electrons. The van der Waals surface area contributed by atoms with Gasteiger partial charge in [0.05, 0.1) is 0 Å². The summed E-state index contributed by atoms with van der Waals surface area (Å²) in [5, 5.41) is 3.68. The summed E-state index contributed by atoms with van der Waals surface area (Å²) in [6.07, 6.45) is 0.213. The second-order valence-corrected chi connectivity index (χ2v) is 7.21. The Morgan fingerprint density at radius 2 is 1.90 bits per heavy atom. The van der Waals surface area contributed by atoms with Crippen LogP contribution in [0, 0.1) is 0 Å². The molecule has 1 amide bonds. The van der Waals surface area contributed by atoms with E-state index >= 15 is 0 Å². The minimum atomic E-state index is -0.657. The SMILES string of the molecule is C[C@H](Oc1ccc2c(-c3ccccc3)cc(=O)oc2c1)C(=O)NCCCN(C)C. The molecule has 0 radical (unpaired) electrons. The smallest absolute Gasteiger partial charge is 0.336 e. The summed E-state index contributed by atoms with van der Waals surface area (Å²) in [5.74, 6) is 0.296. The van der Waals surface area contributed by atoms with Crippen molar-refractivity contribution in [2.24, 2.45) is 0 Å². The second-order valence-electron chi connectivity index (χ2n) is 7.21. The average Bonchev–Trinajstić information content (AvgIpc) is 2.70. The summed E-state index contributed by atoms with van der Waals surface area (Å²) < 4.78 is 11.1. The maximum Gasteiger partial charge on any atom is 0.336 e. The van der Waals surface area contributed by atoms with Crippen LogP contribution in [0.4, 0.5) is 0 Å². The van der Waals surface area contributed by atoms with E-state index in [4.69, 9.17) is 9.15 Å². The van der Waals surface area contributed by atoms with Gasteiger partial charge in [0.1, 0.15) is 11.3 Å². The Bertz CT molecular complexity index is 1030. The van der Waals surface area contributed by atoms with Crippen molar-refractivity contribution in [3.05, 3.63) is 65.0 Å². The molecule has 3 rings (SSSR count). The van der Waals surface area contributed by atoms with Gasteiger partial charge in [-0.3, -0.25) is 4.79 Å². The first kappa shape index (κ1) is 20.6. The van der Waals surface area contributed by atoms with Gasteiger partial charge >= 0.3 is 5.63 Å². The van der Waals surface area contributed by atoms with E-state index in [0.717, 1.165) is 29.5 Å². The zero-order valence-corrected chi connectivity index (χ0v) is 17.0. The lowest BCUT2D eigenvalue weighted by Crippen LogP contribution is -2.37. The van der Waals surface area contributed by atoms with Gasteiger partial charge in [0, 0.05) is 24.1 Å². The summed E-state index contributed by atoms with van der Waals surface area (Å²) in [7, 11) is 3.99. The first-order valence-corrected chi connectivity index (χ1v) is 9.66. The molecule has 0 aliphatic heterocycles. The van der Waals surface area contributed by atoms with Gasteiger partial charge in [-0.15, -0.1) is 0 Å². The average molecular weight is 394 g/mol. The van der Waals surface area contributed by atoms with Gasteiger partial charge in [-0.1, -0.05) is 30.3 Å². The first-order chi connectivity index (χ1) is 13.9. The van der Waals surface area contributed by atoms with Gasteiger partial charge in [-0.05, 0) is 57.2 Å². The van der Waals surface area contributed by atoms with Crippen LogP contribution in [0.15, 0.2) is 63.8 Å². The van der Waals surface area contributed by atoms with Crippen molar-refractivity contribution >= 4 is 16.9 Å². The fourth-order valence-electron chi connectivity index (χ4n) is 3.08.